The Bertz CT molecular complexity index is 1230. The third-order valence-electron chi connectivity index (χ3n) is 7.71. The standard InChI is InChI=1S/C25H29ClN2O5S/c1-32-24(29)20-7-4-17(20)13-28-14-25(10-2-3-16-11-18(26)5-8-21(16)25)15-33-23-9-6-19(12-22(23)28)34(27,30)31/h5-6,8-9,11-12,17,20H,2-4,7,10,13-15H2,1H3,(H2,27,30,31)/t17-,20+,25-/m0/s1. The summed E-state index contributed by atoms with van der Waals surface area (Å²) >= 11 is 6.30. The molecule has 5 rings (SSSR count). The summed E-state index contributed by atoms with van der Waals surface area (Å²) in [5, 5.41) is 6.17. The minimum absolute atomic E-state index is 0.0461. The number of methoxy groups -OCH3 is 1. The van der Waals surface area contributed by atoms with Gasteiger partial charge < -0.3 is 14.4 Å². The number of sulfonamides is 1. The molecule has 182 valence electrons. The van der Waals surface area contributed by atoms with Gasteiger partial charge in [-0.2, -0.15) is 0 Å². The van der Waals surface area contributed by atoms with Crippen molar-refractivity contribution in [3.8, 4) is 5.75 Å². The van der Waals surface area contributed by atoms with Crippen molar-refractivity contribution in [3.05, 3.63) is 52.5 Å². The van der Waals surface area contributed by atoms with Crippen LogP contribution in [0.1, 0.15) is 36.8 Å². The van der Waals surface area contributed by atoms with Gasteiger partial charge in [0.2, 0.25) is 10.0 Å². The number of hydrogen-bond donors (Lipinski definition) is 1. The maximum absolute atomic E-state index is 12.3. The van der Waals surface area contributed by atoms with Gasteiger partial charge in [0.25, 0.3) is 0 Å². The molecule has 0 saturated heterocycles. The summed E-state index contributed by atoms with van der Waals surface area (Å²) in [4.78, 5) is 14.5. The van der Waals surface area contributed by atoms with Gasteiger partial charge in [-0.3, -0.25) is 4.79 Å². The average Bonchev–Trinajstić information content (AvgIpc) is 2.93. The second-order valence-electron chi connectivity index (χ2n) is 9.75. The fraction of sp³-hybridized carbons (Fsp3) is 0.480. The third kappa shape index (κ3) is 4.16. The number of hydrogen-bond acceptors (Lipinski definition) is 6. The Morgan fingerprint density at radius 1 is 1.26 bits per heavy atom. The molecule has 0 unspecified atom stereocenters. The molecule has 0 aromatic heterocycles. The number of anilines is 1. The first-order valence-corrected chi connectivity index (χ1v) is 13.5. The van der Waals surface area contributed by atoms with E-state index in [0.717, 1.165) is 37.1 Å². The van der Waals surface area contributed by atoms with Crippen LogP contribution in [0.4, 0.5) is 5.69 Å². The SMILES string of the molecule is COC(=O)[C@@H]1CC[C@H]1CN1C[C@@]2(CCCc3cc(Cl)ccc32)COc2ccc(S(N)(=O)=O)cc21. The van der Waals surface area contributed by atoms with Crippen molar-refractivity contribution in [2.24, 2.45) is 17.0 Å². The number of primary sulfonamides is 1. The highest BCUT2D eigenvalue weighted by Crippen LogP contribution is 2.46. The number of carbonyl (C=O) groups excluding carboxylic acids is 1. The summed E-state index contributed by atoms with van der Waals surface area (Å²) in [5.41, 5.74) is 2.88. The first-order valence-electron chi connectivity index (χ1n) is 11.6. The molecular weight excluding hydrogens is 476 g/mol. The van der Waals surface area contributed by atoms with Gasteiger partial charge in [-0.15, -0.1) is 0 Å². The Hall–Kier alpha value is -2.29. The molecule has 9 heteroatoms. The summed E-state index contributed by atoms with van der Waals surface area (Å²) in [6.07, 6.45) is 4.64. The molecule has 0 amide bonds. The van der Waals surface area contributed by atoms with Crippen molar-refractivity contribution in [1.82, 2.24) is 0 Å². The van der Waals surface area contributed by atoms with E-state index in [1.54, 1.807) is 12.1 Å². The van der Waals surface area contributed by atoms with Gasteiger partial charge in [-0.25, -0.2) is 13.6 Å². The van der Waals surface area contributed by atoms with Crippen molar-refractivity contribution in [2.45, 2.75) is 42.4 Å². The number of ether oxygens (including phenoxy) is 2. The maximum atomic E-state index is 12.3. The molecular formula is C25H29ClN2O5S. The molecule has 1 aliphatic heterocycles. The van der Waals surface area contributed by atoms with Crippen LogP contribution in [0, 0.1) is 11.8 Å². The quantitative estimate of drug-likeness (QED) is 0.638. The van der Waals surface area contributed by atoms with Crippen LogP contribution in [0.15, 0.2) is 41.3 Å². The number of nitrogens with two attached hydrogens (primary N) is 1. The van der Waals surface area contributed by atoms with E-state index in [1.165, 1.54) is 24.3 Å². The highest BCUT2D eigenvalue weighted by molar-refractivity contribution is 7.89. The molecule has 3 atom stereocenters. The summed E-state index contributed by atoms with van der Waals surface area (Å²) in [6, 6.07) is 10.8. The molecule has 1 saturated carbocycles. The molecule has 1 fully saturated rings. The number of esters is 1. The van der Waals surface area contributed by atoms with Crippen molar-refractivity contribution in [1.29, 1.82) is 0 Å². The first-order chi connectivity index (χ1) is 16.2. The van der Waals surface area contributed by atoms with Crippen LogP contribution >= 0.6 is 11.6 Å². The second-order valence-corrected chi connectivity index (χ2v) is 11.7. The van der Waals surface area contributed by atoms with Gasteiger partial charge in [0, 0.05) is 23.5 Å². The first kappa shape index (κ1) is 23.5. The molecule has 3 aliphatic rings. The molecule has 7 nitrogen and oxygen atoms in total. The van der Waals surface area contributed by atoms with Crippen LogP contribution in [0.3, 0.4) is 0 Å². The van der Waals surface area contributed by atoms with E-state index in [1.807, 2.05) is 12.1 Å². The maximum Gasteiger partial charge on any atom is 0.309 e. The lowest BCUT2D eigenvalue weighted by Crippen LogP contribution is -2.49. The predicted molar refractivity (Wildman–Crippen MR) is 130 cm³/mol. The Morgan fingerprint density at radius 2 is 2.09 bits per heavy atom. The van der Waals surface area contributed by atoms with Gasteiger partial charge >= 0.3 is 5.97 Å². The largest absolute Gasteiger partial charge is 0.490 e. The minimum Gasteiger partial charge on any atom is -0.490 e. The van der Waals surface area contributed by atoms with Crippen molar-refractivity contribution < 1.29 is 22.7 Å². The number of fused-ring (bicyclic) bond motifs is 3. The lowest BCUT2D eigenvalue weighted by atomic mass is 9.69. The molecule has 34 heavy (non-hydrogen) atoms. The van der Waals surface area contributed by atoms with E-state index < -0.39 is 10.0 Å². The van der Waals surface area contributed by atoms with Crippen LogP contribution in [0.5, 0.6) is 5.75 Å². The van der Waals surface area contributed by atoms with Crippen LogP contribution in [-0.4, -0.2) is 41.2 Å². The number of carbonyl (C=O) groups is 1. The van der Waals surface area contributed by atoms with Crippen molar-refractivity contribution >= 4 is 33.3 Å². The smallest absolute Gasteiger partial charge is 0.309 e. The molecule has 1 spiro atoms. The highest BCUT2D eigenvalue weighted by atomic mass is 35.5. The molecule has 2 aromatic carbocycles. The zero-order valence-electron chi connectivity index (χ0n) is 19.1. The van der Waals surface area contributed by atoms with Gasteiger partial charge in [0.05, 0.1) is 30.2 Å². The Kier molecular flexibility index (Phi) is 6.02. The van der Waals surface area contributed by atoms with Crippen LogP contribution in [0.25, 0.3) is 0 Å². The van der Waals surface area contributed by atoms with Crippen molar-refractivity contribution in [2.75, 3.05) is 31.7 Å². The van der Waals surface area contributed by atoms with Gasteiger partial charge in [-0.05, 0) is 79.5 Å². The lowest BCUT2D eigenvalue weighted by molar-refractivity contribution is -0.151. The summed E-state index contributed by atoms with van der Waals surface area (Å²) in [6.45, 7) is 1.73. The van der Waals surface area contributed by atoms with Crippen molar-refractivity contribution in [3.63, 3.8) is 0 Å². The van der Waals surface area contributed by atoms with E-state index in [9.17, 15) is 13.2 Å². The van der Waals surface area contributed by atoms with Crippen LogP contribution in [-0.2, 0) is 31.4 Å². The number of rotatable bonds is 4. The molecule has 2 aliphatic carbocycles. The second kappa shape index (κ2) is 8.73. The van der Waals surface area contributed by atoms with E-state index in [2.05, 4.69) is 11.0 Å². The topological polar surface area (TPSA) is 98.9 Å². The molecule has 0 radical (unpaired) electrons. The van der Waals surface area contributed by atoms with E-state index in [0.29, 0.717) is 31.1 Å². The van der Waals surface area contributed by atoms with E-state index in [-0.39, 0.29) is 28.1 Å². The zero-order chi connectivity index (χ0) is 24.1. The third-order valence-corrected chi connectivity index (χ3v) is 8.86. The Morgan fingerprint density at radius 3 is 2.79 bits per heavy atom. The number of benzene rings is 2. The van der Waals surface area contributed by atoms with E-state index >= 15 is 0 Å². The predicted octanol–water partition coefficient (Wildman–Crippen LogP) is 3.66. The summed E-state index contributed by atoms with van der Waals surface area (Å²) in [5.74, 6) is 0.418. The Balaban J connectivity index is 1.57. The molecule has 2 aromatic rings. The minimum atomic E-state index is -3.88. The number of halogens is 1. The zero-order valence-corrected chi connectivity index (χ0v) is 20.7. The monoisotopic (exact) mass is 504 g/mol. The molecule has 2 N–H and O–H groups in total. The van der Waals surface area contributed by atoms with Gasteiger partial charge in [0.15, 0.2) is 0 Å². The van der Waals surface area contributed by atoms with Crippen LogP contribution in [0.2, 0.25) is 5.02 Å². The lowest BCUT2D eigenvalue weighted by Gasteiger charge is -2.43. The van der Waals surface area contributed by atoms with Crippen LogP contribution < -0.4 is 14.8 Å². The van der Waals surface area contributed by atoms with Gasteiger partial charge in [-0.1, -0.05) is 17.7 Å². The van der Waals surface area contributed by atoms with E-state index in [4.69, 9.17) is 26.2 Å². The molecule has 1 heterocycles. The molecule has 0 bridgehead atoms. The number of aryl methyl sites for hydroxylation is 1. The summed E-state index contributed by atoms with van der Waals surface area (Å²) in [7, 11) is -2.46. The highest BCUT2D eigenvalue weighted by Gasteiger charge is 2.44. The number of nitrogens with zero attached hydrogens (tertiary/aromatic N) is 1. The van der Waals surface area contributed by atoms with Gasteiger partial charge in [0.1, 0.15) is 5.75 Å². The summed E-state index contributed by atoms with van der Waals surface area (Å²) < 4.78 is 35.6. The Labute approximate surface area is 205 Å². The average molecular weight is 505 g/mol. The fourth-order valence-corrected chi connectivity index (χ4v) is 6.53. The fourth-order valence-electron chi connectivity index (χ4n) is 5.80. The normalized spacial score (nSPS) is 26.0.